The van der Waals surface area contributed by atoms with Gasteiger partial charge in [-0.05, 0) is 25.8 Å². The van der Waals surface area contributed by atoms with E-state index in [0.29, 0.717) is 11.7 Å². The van der Waals surface area contributed by atoms with E-state index in [2.05, 4.69) is 43.0 Å². The summed E-state index contributed by atoms with van der Waals surface area (Å²) in [7, 11) is 0. The molecule has 1 aromatic heterocycles. The van der Waals surface area contributed by atoms with Crippen LogP contribution >= 0.6 is 0 Å². The van der Waals surface area contributed by atoms with E-state index in [1.54, 1.807) is 0 Å². The first kappa shape index (κ1) is 14.7. The summed E-state index contributed by atoms with van der Waals surface area (Å²) in [6.07, 6.45) is 0.890. The molecule has 0 aliphatic rings. The molecule has 2 rings (SSSR count). The highest BCUT2D eigenvalue weighted by molar-refractivity contribution is 5.30. The lowest BCUT2D eigenvalue weighted by molar-refractivity contribution is 0.333. The van der Waals surface area contributed by atoms with Crippen LogP contribution in [0.15, 0.2) is 34.9 Å². The largest absolute Gasteiger partial charge is 0.339 e. The van der Waals surface area contributed by atoms with E-state index in [0.717, 1.165) is 6.42 Å². The summed E-state index contributed by atoms with van der Waals surface area (Å²) < 4.78 is 5.42. The van der Waals surface area contributed by atoms with Crippen LogP contribution in [0.2, 0.25) is 0 Å². The van der Waals surface area contributed by atoms with Gasteiger partial charge in [0, 0.05) is 6.04 Å². The molecule has 2 aromatic rings. The number of hydrogen-bond donors (Lipinski definition) is 1. The summed E-state index contributed by atoms with van der Waals surface area (Å²) in [4.78, 5) is 4.57. The van der Waals surface area contributed by atoms with E-state index in [4.69, 9.17) is 10.3 Å². The van der Waals surface area contributed by atoms with Gasteiger partial charge in [0.2, 0.25) is 5.89 Å². The van der Waals surface area contributed by atoms with Gasteiger partial charge in [-0.2, -0.15) is 4.98 Å². The van der Waals surface area contributed by atoms with Crippen LogP contribution in [0.1, 0.15) is 57.3 Å². The molecule has 108 valence electrons. The fourth-order valence-corrected chi connectivity index (χ4v) is 2.19. The van der Waals surface area contributed by atoms with Gasteiger partial charge in [-0.1, -0.05) is 49.3 Å². The van der Waals surface area contributed by atoms with E-state index in [1.165, 1.54) is 5.56 Å². The van der Waals surface area contributed by atoms with Gasteiger partial charge in [-0.25, -0.2) is 0 Å². The third-order valence-electron chi connectivity index (χ3n) is 4.00. The van der Waals surface area contributed by atoms with Crippen molar-refractivity contribution >= 4 is 0 Å². The number of hydrogen-bond acceptors (Lipinski definition) is 4. The van der Waals surface area contributed by atoms with Crippen molar-refractivity contribution in [3.8, 4) is 0 Å². The SMILES string of the molecule is CCC(N)C(C)c1nc(C(C)(C)c2ccccc2)no1. The van der Waals surface area contributed by atoms with E-state index in [9.17, 15) is 0 Å². The zero-order chi connectivity index (χ0) is 14.8. The zero-order valence-corrected chi connectivity index (χ0v) is 12.6. The molecular weight excluding hydrogens is 250 g/mol. The molecule has 0 saturated heterocycles. The van der Waals surface area contributed by atoms with Crippen LogP contribution in [-0.4, -0.2) is 16.2 Å². The maximum absolute atomic E-state index is 6.05. The molecule has 4 nitrogen and oxygen atoms in total. The summed E-state index contributed by atoms with van der Waals surface area (Å²) in [5.41, 5.74) is 6.94. The third kappa shape index (κ3) is 2.75. The average Bonchev–Trinajstić information content (AvgIpc) is 2.97. The van der Waals surface area contributed by atoms with Gasteiger partial charge in [-0.15, -0.1) is 0 Å². The van der Waals surface area contributed by atoms with E-state index in [-0.39, 0.29) is 17.4 Å². The smallest absolute Gasteiger partial charge is 0.231 e. The Morgan fingerprint density at radius 3 is 2.50 bits per heavy atom. The van der Waals surface area contributed by atoms with Gasteiger partial charge in [-0.3, -0.25) is 0 Å². The molecule has 20 heavy (non-hydrogen) atoms. The lowest BCUT2D eigenvalue weighted by atomic mass is 9.84. The number of benzene rings is 1. The first-order chi connectivity index (χ1) is 9.46. The molecule has 4 heteroatoms. The summed E-state index contributed by atoms with van der Waals surface area (Å²) in [6, 6.07) is 10.3. The summed E-state index contributed by atoms with van der Waals surface area (Å²) in [5, 5.41) is 4.16. The predicted octanol–water partition coefficient (Wildman–Crippen LogP) is 3.24. The second-order valence-corrected chi connectivity index (χ2v) is 5.81. The molecule has 2 unspecified atom stereocenters. The molecule has 0 aliphatic carbocycles. The second kappa shape index (κ2) is 5.75. The molecule has 0 radical (unpaired) electrons. The van der Waals surface area contributed by atoms with E-state index in [1.807, 2.05) is 25.1 Å². The molecular formula is C16H23N3O. The van der Waals surface area contributed by atoms with Gasteiger partial charge in [0.05, 0.1) is 11.3 Å². The standard InChI is InChI=1S/C16H23N3O/c1-5-13(17)11(2)14-18-15(19-20-14)16(3,4)12-9-7-6-8-10-12/h6-11,13H,5,17H2,1-4H3. The van der Waals surface area contributed by atoms with Crippen LogP contribution in [0, 0.1) is 0 Å². The monoisotopic (exact) mass is 273 g/mol. The number of aromatic nitrogens is 2. The first-order valence-corrected chi connectivity index (χ1v) is 7.12. The maximum atomic E-state index is 6.05. The van der Waals surface area contributed by atoms with Crippen molar-refractivity contribution in [2.75, 3.05) is 0 Å². The van der Waals surface area contributed by atoms with Crippen LogP contribution in [0.5, 0.6) is 0 Å². The molecule has 2 atom stereocenters. The number of rotatable bonds is 5. The molecule has 0 saturated carbocycles. The molecule has 1 heterocycles. The van der Waals surface area contributed by atoms with Gasteiger partial charge >= 0.3 is 0 Å². The van der Waals surface area contributed by atoms with Crippen molar-refractivity contribution in [1.29, 1.82) is 0 Å². The van der Waals surface area contributed by atoms with Gasteiger partial charge in [0.25, 0.3) is 0 Å². The number of nitrogens with zero attached hydrogens (tertiary/aromatic N) is 2. The van der Waals surface area contributed by atoms with E-state index >= 15 is 0 Å². The molecule has 0 amide bonds. The minimum Gasteiger partial charge on any atom is -0.339 e. The van der Waals surface area contributed by atoms with Crippen molar-refractivity contribution < 1.29 is 4.52 Å². The fourth-order valence-electron chi connectivity index (χ4n) is 2.19. The lowest BCUT2D eigenvalue weighted by Gasteiger charge is -2.20. The Kier molecular flexibility index (Phi) is 4.23. The van der Waals surface area contributed by atoms with Crippen molar-refractivity contribution in [1.82, 2.24) is 10.1 Å². The predicted molar refractivity (Wildman–Crippen MR) is 79.5 cm³/mol. The zero-order valence-electron chi connectivity index (χ0n) is 12.6. The summed E-state index contributed by atoms with van der Waals surface area (Å²) in [6.45, 7) is 8.29. The van der Waals surface area contributed by atoms with Crippen LogP contribution in [0.4, 0.5) is 0 Å². The topological polar surface area (TPSA) is 64.9 Å². The molecule has 2 N–H and O–H groups in total. The lowest BCUT2D eigenvalue weighted by Crippen LogP contribution is -2.26. The first-order valence-electron chi connectivity index (χ1n) is 7.12. The third-order valence-corrected chi connectivity index (χ3v) is 4.00. The van der Waals surface area contributed by atoms with Crippen molar-refractivity contribution in [2.45, 2.75) is 51.5 Å². The second-order valence-electron chi connectivity index (χ2n) is 5.81. The van der Waals surface area contributed by atoms with Gasteiger partial charge in [0.15, 0.2) is 5.82 Å². The van der Waals surface area contributed by atoms with E-state index < -0.39 is 0 Å². The normalized spacial score (nSPS) is 15.1. The highest BCUT2D eigenvalue weighted by Crippen LogP contribution is 2.30. The number of nitrogens with two attached hydrogens (primary N) is 1. The highest BCUT2D eigenvalue weighted by Gasteiger charge is 2.30. The summed E-state index contributed by atoms with van der Waals surface area (Å²) in [5.74, 6) is 1.40. The minimum atomic E-state index is -0.279. The van der Waals surface area contributed by atoms with Crippen LogP contribution in [0.3, 0.4) is 0 Å². The van der Waals surface area contributed by atoms with Crippen LogP contribution in [0.25, 0.3) is 0 Å². The minimum absolute atomic E-state index is 0.0446. The Morgan fingerprint density at radius 2 is 1.90 bits per heavy atom. The summed E-state index contributed by atoms with van der Waals surface area (Å²) >= 11 is 0. The quantitative estimate of drug-likeness (QED) is 0.908. The van der Waals surface area contributed by atoms with Crippen molar-refractivity contribution in [2.24, 2.45) is 5.73 Å². The molecule has 0 spiro atoms. The maximum Gasteiger partial charge on any atom is 0.231 e. The Morgan fingerprint density at radius 1 is 1.25 bits per heavy atom. The highest BCUT2D eigenvalue weighted by atomic mass is 16.5. The van der Waals surface area contributed by atoms with Gasteiger partial charge < -0.3 is 10.3 Å². The fraction of sp³-hybridized carbons (Fsp3) is 0.500. The molecule has 0 bridgehead atoms. The molecule has 1 aromatic carbocycles. The average molecular weight is 273 g/mol. The van der Waals surface area contributed by atoms with Crippen molar-refractivity contribution in [3.05, 3.63) is 47.6 Å². The Bertz CT molecular complexity index is 548. The van der Waals surface area contributed by atoms with Gasteiger partial charge in [0.1, 0.15) is 0 Å². The Hall–Kier alpha value is -1.68. The Balaban J connectivity index is 2.28. The Labute approximate surface area is 120 Å². The van der Waals surface area contributed by atoms with Crippen LogP contribution < -0.4 is 5.73 Å². The van der Waals surface area contributed by atoms with Crippen LogP contribution in [-0.2, 0) is 5.41 Å². The molecule has 0 aliphatic heterocycles. The van der Waals surface area contributed by atoms with Crippen molar-refractivity contribution in [3.63, 3.8) is 0 Å². The molecule has 0 fully saturated rings.